The topological polar surface area (TPSA) is 12.0 Å². The molecule has 0 aliphatic heterocycles. The molecule has 0 bridgehead atoms. The van der Waals surface area contributed by atoms with Crippen molar-refractivity contribution >= 4 is 21.4 Å². The predicted octanol–water partition coefficient (Wildman–Crippen LogP) is 4.49. The summed E-state index contributed by atoms with van der Waals surface area (Å²) in [6.07, 6.45) is 5.33. The lowest BCUT2D eigenvalue weighted by atomic mass is 9.97. The van der Waals surface area contributed by atoms with E-state index in [4.69, 9.17) is 0 Å². The van der Waals surface area contributed by atoms with Crippen LogP contribution < -0.4 is 5.32 Å². The Morgan fingerprint density at radius 2 is 2.06 bits per heavy atom. The first-order valence-electron chi connectivity index (χ1n) is 6.64. The maximum atomic E-state index is 13.2. The van der Waals surface area contributed by atoms with Gasteiger partial charge in [-0.25, -0.2) is 4.39 Å². The molecule has 0 spiro atoms. The van der Waals surface area contributed by atoms with Crippen molar-refractivity contribution in [2.75, 3.05) is 7.05 Å². The molecule has 0 radical (unpaired) electrons. The first kappa shape index (κ1) is 12.1. The molecule has 1 saturated carbocycles. The van der Waals surface area contributed by atoms with E-state index >= 15 is 0 Å². The van der Waals surface area contributed by atoms with Crippen molar-refractivity contribution in [1.29, 1.82) is 0 Å². The van der Waals surface area contributed by atoms with Gasteiger partial charge in [0.1, 0.15) is 5.82 Å². The van der Waals surface area contributed by atoms with Crippen LogP contribution in [0.2, 0.25) is 0 Å². The SMILES string of the molecule is CNC(c1cc2cc(F)ccc2s1)C1CCCC1. The van der Waals surface area contributed by atoms with E-state index < -0.39 is 0 Å². The maximum absolute atomic E-state index is 13.2. The number of halogens is 1. The Hall–Kier alpha value is -0.930. The van der Waals surface area contributed by atoms with Crippen molar-refractivity contribution in [3.05, 3.63) is 35.0 Å². The van der Waals surface area contributed by atoms with Gasteiger partial charge < -0.3 is 5.32 Å². The first-order chi connectivity index (χ1) is 8.78. The molecule has 96 valence electrons. The molecule has 1 fully saturated rings. The van der Waals surface area contributed by atoms with E-state index in [1.807, 2.05) is 13.1 Å². The molecule has 3 heteroatoms. The number of nitrogens with one attached hydrogen (secondary N) is 1. The minimum Gasteiger partial charge on any atom is -0.312 e. The summed E-state index contributed by atoms with van der Waals surface area (Å²) in [5.41, 5.74) is 0. The number of hydrogen-bond donors (Lipinski definition) is 1. The molecule has 2 aromatic rings. The van der Waals surface area contributed by atoms with E-state index in [0.29, 0.717) is 6.04 Å². The van der Waals surface area contributed by atoms with Crippen LogP contribution in [0.25, 0.3) is 10.1 Å². The lowest BCUT2D eigenvalue weighted by molar-refractivity contribution is 0.396. The average Bonchev–Trinajstić information content (AvgIpc) is 2.98. The molecule has 18 heavy (non-hydrogen) atoms. The van der Waals surface area contributed by atoms with Crippen molar-refractivity contribution in [1.82, 2.24) is 5.32 Å². The van der Waals surface area contributed by atoms with Gasteiger partial charge in [-0.3, -0.25) is 0 Å². The Morgan fingerprint density at radius 3 is 2.78 bits per heavy atom. The molecule has 1 unspecified atom stereocenters. The molecule has 3 rings (SSSR count). The Morgan fingerprint density at radius 1 is 1.28 bits per heavy atom. The molecule has 1 aromatic heterocycles. The number of rotatable bonds is 3. The molecule has 1 aliphatic carbocycles. The lowest BCUT2D eigenvalue weighted by Crippen LogP contribution is -2.22. The summed E-state index contributed by atoms with van der Waals surface area (Å²) in [4.78, 5) is 1.35. The van der Waals surface area contributed by atoms with E-state index in [-0.39, 0.29) is 5.82 Å². The second kappa shape index (κ2) is 4.98. The average molecular weight is 263 g/mol. The number of fused-ring (bicyclic) bond motifs is 1. The van der Waals surface area contributed by atoms with Gasteiger partial charge in [-0.05, 0) is 55.5 Å². The fraction of sp³-hybridized carbons (Fsp3) is 0.467. The predicted molar refractivity (Wildman–Crippen MR) is 75.5 cm³/mol. The minimum absolute atomic E-state index is 0.145. The maximum Gasteiger partial charge on any atom is 0.123 e. The monoisotopic (exact) mass is 263 g/mol. The molecule has 1 atom stereocenters. The Bertz CT molecular complexity index is 542. The van der Waals surface area contributed by atoms with E-state index in [0.717, 1.165) is 11.3 Å². The quantitative estimate of drug-likeness (QED) is 0.860. The second-order valence-electron chi connectivity index (χ2n) is 5.14. The smallest absolute Gasteiger partial charge is 0.123 e. The highest BCUT2D eigenvalue weighted by atomic mass is 32.1. The largest absolute Gasteiger partial charge is 0.312 e. The highest BCUT2D eigenvalue weighted by Crippen LogP contribution is 2.39. The van der Waals surface area contributed by atoms with Crippen molar-refractivity contribution in [3.63, 3.8) is 0 Å². The van der Waals surface area contributed by atoms with Gasteiger partial charge in [0, 0.05) is 15.6 Å². The first-order valence-corrected chi connectivity index (χ1v) is 7.46. The van der Waals surface area contributed by atoms with Gasteiger partial charge in [-0.15, -0.1) is 11.3 Å². The van der Waals surface area contributed by atoms with Crippen molar-refractivity contribution in [2.45, 2.75) is 31.7 Å². The second-order valence-corrected chi connectivity index (χ2v) is 6.26. The van der Waals surface area contributed by atoms with Gasteiger partial charge in [0.25, 0.3) is 0 Å². The zero-order valence-corrected chi connectivity index (χ0v) is 11.4. The van der Waals surface area contributed by atoms with Crippen LogP contribution in [0, 0.1) is 11.7 Å². The van der Waals surface area contributed by atoms with Gasteiger partial charge in [0.15, 0.2) is 0 Å². The summed E-state index contributed by atoms with van der Waals surface area (Å²) in [6.45, 7) is 0. The van der Waals surface area contributed by atoms with Crippen LogP contribution in [0.15, 0.2) is 24.3 Å². The van der Waals surface area contributed by atoms with Crippen LogP contribution in [-0.4, -0.2) is 7.05 Å². The third kappa shape index (κ3) is 2.17. The van der Waals surface area contributed by atoms with E-state index in [1.165, 1.54) is 35.3 Å². The Labute approximate surface area is 111 Å². The zero-order valence-electron chi connectivity index (χ0n) is 10.6. The summed E-state index contributed by atoms with van der Waals surface area (Å²) in [6, 6.07) is 7.67. The summed E-state index contributed by atoms with van der Waals surface area (Å²) in [5.74, 6) is 0.599. The minimum atomic E-state index is -0.145. The van der Waals surface area contributed by atoms with Crippen LogP contribution in [-0.2, 0) is 0 Å². The lowest BCUT2D eigenvalue weighted by Gasteiger charge is -2.21. The molecule has 0 amide bonds. The van der Waals surface area contributed by atoms with Gasteiger partial charge in [0.2, 0.25) is 0 Å². The van der Waals surface area contributed by atoms with Crippen molar-refractivity contribution in [3.8, 4) is 0 Å². The van der Waals surface area contributed by atoms with Crippen molar-refractivity contribution in [2.24, 2.45) is 5.92 Å². The highest BCUT2D eigenvalue weighted by Gasteiger charge is 2.26. The molecular formula is C15H18FNS. The Balaban J connectivity index is 1.96. The molecule has 1 heterocycles. The molecule has 1 N–H and O–H groups in total. The zero-order chi connectivity index (χ0) is 12.5. The number of benzene rings is 1. The summed E-state index contributed by atoms with van der Waals surface area (Å²) < 4.78 is 14.4. The normalized spacial score (nSPS) is 18.6. The van der Waals surface area contributed by atoms with E-state index in [2.05, 4.69) is 11.4 Å². The molecule has 1 nitrogen and oxygen atoms in total. The van der Waals surface area contributed by atoms with Crippen LogP contribution in [0.1, 0.15) is 36.6 Å². The van der Waals surface area contributed by atoms with E-state index in [9.17, 15) is 4.39 Å². The third-order valence-corrected chi connectivity index (χ3v) is 5.19. The molecular weight excluding hydrogens is 245 g/mol. The van der Waals surface area contributed by atoms with Gasteiger partial charge in [0.05, 0.1) is 0 Å². The molecule has 1 aliphatic rings. The summed E-state index contributed by atoms with van der Waals surface area (Å²) in [5, 5.41) is 4.49. The van der Waals surface area contributed by atoms with Gasteiger partial charge in [-0.2, -0.15) is 0 Å². The number of hydrogen-bond acceptors (Lipinski definition) is 2. The number of thiophene rings is 1. The summed E-state index contributed by atoms with van der Waals surface area (Å²) in [7, 11) is 2.04. The summed E-state index contributed by atoms with van der Waals surface area (Å²) >= 11 is 1.80. The molecule has 0 saturated heterocycles. The molecule has 1 aromatic carbocycles. The van der Waals surface area contributed by atoms with Crippen LogP contribution in [0.5, 0.6) is 0 Å². The van der Waals surface area contributed by atoms with Gasteiger partial charge >= 0.3 is 0 Å². The van der Waals surface area contributed by atoms with Crippen LogP contribution >= 0.6 is 11.3 Å². The van der Waals surface area contributed by atoms with E-state index in [1.54, 1.807) is 23.5 Å². The fourth-order valence-corrected chi connectivity index (χ4v) is 4.34. The standard InChI is InChI=1S/C15H18FNS/c1-17-15(10-4-2-3-5-10)14-9-11-8-12(16)6-7-13(11)18-14/h6-10,15,17H,2-5H2,1H3. The van der Waals surface area contributed by atoms with Crippen LogP contribution in [0.4, 0.5) is 4.39 Å². The van der Waals surface area contributed by atoms with Gasteiger partial charge in [-0.1, -0.05) is 12.8 Å². The highest BCUT2D eigenvalue weighted by molar-refractivity contribution is 7.19. The fourth-order valence-electron chi connectivity index (χ4n) is 3.09. The third-order valence-electron chi connectivity index (χ3n) is 3.99. The van der Waals surface area contributed by atoms with Crippen LogP contribution in [0.3, 0.4) is 0 Å². The van der Waals surface area contributed by atoms with Crippen molar-refractivity contribution < 1.29 is 4.39 Å². The Kier molecular flexibility index (Phi) is 3.35.